The molecule has 1 aromatic carbocycles. The van der Waals surface area contributed by atoms with Crippen molar-refractivity contribution in [1.29, 1.82) is 0 Å². The molecule has 0 saturated heterocycles. The van der Waals surface area contributed by atoms with E-state index in [4.69, 9.17) is 5.11 Å². The number of rotatable bonds is 4. The van der Waals surface area contributed by atoms with Gasteiger partial charge >= 0.3 is 5.97 Å². The van der Waals surface area contributed by atoms with E-state index >= 15 is 0 Å². The van der Waals surface area contributed by atoms with Crippen LogP contribution >= 0.6 is 0 Å². The Kier molecular flexibility index (Phi) is 3.58. The molecule has 0 saturated carbocycles. The summed E-state index contributed by atoms with van der Waals surface area (Å²) in [5.74, 6) is -1.19. The van der Waals surface area contributed by atoms with Crippen molar-refractivity contribution < 1.29 is 18.3 Å². The van der Waals surface area contributed by atoms with Gasteiger partial charge in [0, 0.05) is 7.05 Å². The van der Waals surface area contributed by atoms with Crippen LogP contribution in [-0.4, -0.2) is 34.3 Å². The van der Waals surface area contributed by atoms with Crippen molar-refractivity contribution in [3.8, 4) is 0 Å². The minimum Gasteiger partial charge on any atom is -0.478 e. The average molecular weight is 295 g/mol. The van der Waals surface area contributed by atoms with E-state index in [-0.39, 0.29) is 16.2 Å². The van der Waals surface area contributed by atoms with Gasteiger partial charge in [-0.1, -0.05) is 6.07 Å². The summed E-state index contributed by atoms with van der Waals surface area (Å²) < 4.78 is 25.9. The molecule has 0 aliphatic rings. The molecule has 0 radical (unpaired) electrons. The lowest BCUT2D eigenvalue weighted by Gasteiger charge is -2.07. The molecule has 1 heterocycles. The quantitative estimate of drug-likeness (QED) is 0.895. The van der Waals surface area contributed by atoms with E-state index in [1.165, 1.54) is 29.2 Å². The molecule has 1 aromatic heterocycles. The van der Waals surface area contributed by atoms with Gasteiger partial charge in [-0.3, -0.25) is 4.68 Å². The predicted octanol–water partition coefficient (Wildman–Crippen LogP) is 0.796. The summed E-state index contributed by atoms with van der Waals surface area (Å²) in [5.41, 5.74) is 0.485. The predicted molar refractivity (Wildman–Crippen MR) is 70.0 cm³/mol. The molecular formula is C12H13N3O4S. The first-order valence-electron chi connectivity index (χ1n) is 5.71. The number of hydrogen-bond acceptors (Lipinski definition) is 5. The van der Waals surface area contributed by atoms with Crippen LogP contribution in [0.3, 0.4) is 0 Å². The Labute approximate surface area is 115 Å². The average Bonchev–Trinajstić information content (AvgIpc) is 2.74. The van der Waals surface area contributed by atoms with E-state index in [1.807, 2.05) is 0 Å². The zero-order valence-corrected chi connectivity index (χ0v) is 11.8. The zero-order valence-electron chi connectivity index (χ0n) is 10.9. The van der Waals surface area contributed by atoms with Crippen molar-refractivity contribution in [1.82, 2.24) is 14.8 Å². The molecule has 7 nitrogen and oxygen atoms in total. The number of sulfone groups is 1. The van der Waals surface area contributed by atoms with Crippen molar-refractivity contribution in [3.05, 3.63) is 41.5 Å². The van der Waals surface area contributed by atoms with E-state index in [9.17, 15) is 13.2 Å². The molecule has 0 amide bonds. The highest BCUT2D eigenvalue weighted by atomic mass is 32.2. The van der Waals surface area contributed by atoms with Gasteiger partial charge in [0.2, 0.25) is 0 Å². The van der Waals surface area contributed by atoms with Gasteiger partial charge in [-0.2, -0.15) is 5.10 Å². The number of carboxylic acids is 1. The van der Waals surface area contributed by atoms with Crippen molar-refractivity contribution in [3.63, 3.8) is 0 Å². The highest BCUT2D eigenvalue weighted by molar-refractivity contribution is 7.90. The second-order valence-electron chi connectivity index (χ2n) is 4.34. The smallest absolute Gasteiger partial charge is 0.335 e. The van der Waals surface area contributed by atoms with Gasteiger partial charge in [-0.05, 0) is 24.6 Å². The Morgan fingerprint density at radius 3 is 2.65 bits per heavy atom. The van der Waals surface area contributed by atoms with Gasteiger partial charge in [-0.15, -0.1) is 0 Å². The summed E-state index contributed by atoms with van der Waals surface area (Å²) in [7, 11) is -2.07. The lowest BCUT2D eigenvalue weighted by atomic mass is 10.1. The summed E-state index contributed by atoms with van der Waals surface area (Å²) in [6.07, 6.45) is 1.27. The van der Waals surface area contributed by atoms with E-state index in [0.29, 0.717) is 11.4 Å². The van der Waals surface area contributed by atoms with Gasteiger partial charge in [0.15, 0.2) is 9.84 Å². The van der Waals surface area contributed by atoms with E-state index in [0.717, 1.165) is 0 Å². The van der Waals surface area contributed by atoms with Crippen LogP contribution in [0.25, 0.3) is 0 Å². The number of carboxylic acid groups (broad SMARTS) is 1. The second-order valence-corrected chi connectivity index (χ2v) is 6.33. The summed E-state index contributed by atoms with van der Waals surface area (Å²) >= 11 is 0. The fraction of sp³-hybridized carbons (Fsp3) is 0.250. The van der Waals surface area contributed by atoms with Gasteiger partial charge < -0.3 is 5.11 Å². The normalized spacial score (nSPS) is 11.5. The summed E-state index contributed by atoms with van der Waals surface area (Å²) in [5, 5.41) is 12.8. The van der Waals surface area contributed by atoms with E-state index in [1.54, 1.807) is 14.0 Å². The van der Waals surface area contributed by atoms with E-state index < -0.39 is 15.8 Å². The molecule has 20 heavy (non-hydrogen) atoms. The van der Waals surface area contributed by atoms with Crippen molar-refractivity contribution in [2.75, 3.05) is 0 Å². The minimum atomic E-state index is -3.67. The first-order chi connectivity index (χ1) is 9.31. The third-order valence-electron chi connectivity index (χ3n) is 2.92. The number of benzene rings is 1. The molecule has 0 unspecified atom stereocenters. The zero-order chi connectivity index (χ0) is 14.9. The molecule has 0 fully saturated rings. The van der Waals surface area contributed by atoms with Gasteiger partial charge in [0.1, 0.15) is 17.9 Å². The molecule has 0 bridgehead atoms. The molecule has 0 atom stereocenters. The first-order valence-corrected chi connectivity index (χ1v) is 7.36. The van der Waals surface area contributed by atoms with Crippen LogP contribution in [0.4, 0.5) is 0 Å². The third kappa shape index (κ3) is 2.69. The lowest BCUT2D eigenvalue weighted by Crippen LogP contribution is -2.11. The molecule has 0 aliphatic heterocycles. The Balaban J connectivity index is 2.42. The lowest BCUT2D eigenvalue weighted by molar-refractivity contribution is 0.0696. The summed E-state index contributed by atoms with van der Waals surface area (Å²) in [4.78, 5) is 14.9. The largest absolute Gasteiger partial charge is 0.478 e. The van der Waals surface area contributed by atoms with Gasteiger partial charge in [0.25, 0.3) is 0 Å². The molecule has 8 heteroatoms. The standard InChI is InChI=1S/C12H13N3O4S/c1-8-3-4-9(5-10(8)12(16)17)20(18,19)6-11-13-7-14-15(11)2/h3-5,7H,6H2,1-2H3,(H,16,17). The van der Waals surface area contributed by atoms with Crippen LogP contribution in [0.2, 0.25) is 0 Å². The number of aryl methyl sites for hydroxylation is 2. The molecule has 1 N–H and O–H groups in total. The van der Waals surface area contributed by atoms with Gasteiger partial charge in [0.05, 0.1) is 10.5 Å². The number of hydrogen-bond donors (Lipinski definition) is 1. The van der Waals surface area contributed by atoms with Crippen molar-refractivity contribution in [2.45, 2.75) is 17.6 Å². The first kappa shape index (κ1) is 14.2. The van der Waals surface area contributed by atoms with Crippen LogP contribution in [0.5, 0.6) is 0 Å². The van der Waals surface area contributed by atoms with Crippen molar-refractivity contribution in [2.24, 2.45) is 7.05 Å². The maximum Gasteiger partial charge on any atom is 0.335 e. The maximum absolute atomic E-state index is 12.3. The number of aromatic nitrogens is 3. The molecule has 0 aliphatic carbocycles. The van der Waals surface area contributed by atoms with Crippen molar-refractivity contribution >= 4 is 15.8 Å². The summed E-state index contributed by atoms with van der Waals surface area (Å²) in [6, 6.07) is 4.05. The van der Waals surface area contributed by atoms with Crippen LogP contribution in [0.15, 0.2) is 29.4 Å². The van der Waals surface area contributed by atoms with Gasteiger partial charge in [-0.25, -0.2) is 18.2 Å². The monoisotopic (exact) mass is 295 g/mol. The van der Waals surface area contributed by atoms with Crippen LogP contribution in [-0.2, 0) is 22.6 Å². The molecular weight excluding hydrogens is 282 g/mol. The third-order valence-corrected chi connectivity index (χ3v) is 4.53. The maximum atomic E-state index is 12.3. The molecule has 2 aromatic rings. The molecule has 2 rings (SSSR count). The number of nitrogens with zero attached hydrogens (tertiary/aromatic N) is 3. The fourth-order valence-corrected chi connectivity index (χ4v) is 3.07. The molecule has 0 spiro atoms. The highest BCUT2D eigenvalue weighted by Gasteiger charge is 2.20. The fourth-order valence-electron chi connectivity index (χ4n) is 1.73. The second kappa shape index (κ2) is 5.04. The SMILES string of the molecule is Cc1ccc(S(=O)(=O)Cc2ncnn2C)cc1C(=O)O. The van der Waals surface area contributed by atoms with Crippen LogP contribution < -0.4 is 0 Å². The molecule has 106 valence electrons. The summed E-state index contributed by atoms with van der Waals surface area (Å²) in [6.45, 7) is 1.61. The Bertz CT molecular complexity index is 765. The number of aromatic carboxylic acids is 1. The Morgan fingerprint density at radius 1 is 1.40 bits per heavy atom. The van der Waals surface area contributed by atoms with E-state index in [2.05, 4.69) is 10.1 Å². The Hall–Kier alpha value is -2.22. The Morgan fingerprint density at radius 2 is 2.10 bits per heavy atom. The highest BCUT2D eigenvalue weighted by Crippen LogP contribution is 2.19. The topological polar surface area (TPSA) is 102 Å². The number of carbonyl (C=O) groups is 1. The minimum absolute atomic E-state index is 0.0240. The van der Waals surface area contributed by atoms with Crippen LogP contribution in [0.1, 0.15) is 21.7 Å². The van der Waals surface area contributed by atoms with Crippen LogP contribution in [0, 0.1) is 6.92 Å².